The number of nitrogens with one attached hydrogen (secondary N) is 3. The standard InChI is InChI=1S/C53H65ClN6O10/c1-38-35-48(58-45-15-13-44(54)14-16-45)47-36-43(12-19-50(47)60(38)39(2)61)40-6-8-42(9-7-40)53(64)57-23-26-66-28-30-68-32-34-69-33-31-67-29-27-65-25-22-56-51(62)37-70-46-17-10-41(11-18-46)49-5-3-4-24-59(49)52(63)20-21-55/h6-19,36,38,48-49,58H,3-5,20,22-35,37H2,1-2H3,(H,56,62)(H,57,64)/t38-,48+,49?/m0/s1. The molecular weight excluding hydrogens is 916 g/mol. The van der Waals surface area contributed by atoms with Gasteiger partial charge in [0, 0.05) is 54.6 Å². The van der Waals surface area contributed by atoms with Gasteiger partial charge in [0.2, 0.25) is 11.8 Å². The van der Waals surface area contributed by atoms with Gasteiger partial charge < -0.3 is 54.2 Å². The Bertz CT molecular complexity index is 2330. The van der Waals surface area contributed by atoms with E-state index in [-0.39, 0.29) is 54.8 Å². The van der Waals surface area contributed by atoms with Gasteiger partial charge in [-0.15, -0.1) is 0 Å². The number of carbonyl (C=O) groups is 4. The van der Waals surface area contributed by atoms with Gasteiger partial charge in [0.05, 0.1) is 84.2 Å². The molecule has 0 saturated carbocycles. The molecule has 2 aliphatic heterocycles. The van der Waals surface area contributed by atoms with Crippen molar-refractivity contribution in [3.63, 3.8) is 0 Å². The lowest BCUT2D eigenvalue weighted by Crippen LogP contribution is -2.43. The highest BCUT2D eigenvalue weighted by molar-refractivity contribution is 6.30. The molecule has 0 aliphatic carbocycles. The van der Waals surface area contributed by atoms with Crippen molar-refractivity contribution < 1.29 is 47.6 Å². The van der Waals surface area contributed by atoms with E-state index in [4.69, 9.17) is 45.3 Å². The van der Waals surface area contributed by atoms with Crippen LogP contribution in [0.15, 0.2) is 91.0 Å². The average molecular weight is 982 g/mol. The summed E-state index contributed by atoms with van der Waals surface area (Å²) in [7, 11) is 0. The lowest BCUT2D eigenvalue weighted by atomic mass is 9.88. The summed E-state index contributed by atoms with van der Waals surface area (Å²) in [5.74, 6) is -0.0392. The van der Waals surface area contributed by atoms with E-state index >= 15 is 0 Å². The second-order valence-electron chi connectivity index (χ2n) is 17.0. The number of likely N-dealkylation sites (tertiary alicyclic amines) is 1. The zero-order valence-electron chi connectivity index (χ0n) is 40.1. The molecule has 2 aliphatic rings. The van der Waals surface area contributed by atoms with Crippen molar-refractivity contribution in [2.75, 3.05) is 103 Å². The Kier molecular flexibility index (Phi) is 21.7. The summed E-state index contributed by atoms with van der Waals surface area (Å²) in [5, 5.41) is 18.9. The molecule has 1 saturated heterocycles. The summed E-state index contributed by atoms with van der Waals surface area (Å²) in [4.78, 5) is 53.8. The highest BCUT2D eigenvalue weighted by atomic mass is 35.5. The van der Waals surface area contributed by atoms with E-state index in [2.05, 4.69) is 28.9 Å². The Morgan fingerprint density at radius 3 is 1.94 bits per heavy atom. The van der Waals surface area contributed by atoms with Crippen LogP contribution < -0.4 is 25.6 Å². The predicted octanol–water partition coefficient (Wildman–Crippen LogP) is 7.28. The van der Waals surface area contributed by atoms with Gasteiger partial charge >= 0.3 is 0 Å². The quantitative estimate of drug-likeness (QED) is 0.0508. The molecule has 4 aromatic rings. The normalized spacial score (nSPS) is 16.5. The smallest absolute Gasteiger partial charge is 0.258 e. The molecule has 4 aromatic carbocycles. The molecule has 2 heterocycles. The summed E-state index contributed by atoms with van der Waals surface area (Å²) in [6.45, 7) is 8.79. The molecule has 3 atom stereocenters. The molecule has 70 heavy (non-hydrogen) atoms. The highest BCUT2D eigenvalue weighted by Crippen LogP contribution is 2.41. The summed E-state index contributed by atoms with van der Waals surface area (Å²) >= 11 is 6.12. The van der Waals surface area contributed by atoms with E-state index < -0.39 is 0 Å². The van der Waals surface area contributed by atoms with Gasteiger partial charge in [-0.25, -0.2) is 0 Å². The van der Waals surface area contributed by atoms with Gasteiger partial charge in [-0.1, -0.05) is 41.9 Å². The Labute approximate surface area is 415 Å². The molecule has 374 valence electrons. The molecule has 17 heteroatoms. The van der Waals surface area contributed by atoms with E-state index in [0.717, 1.165) is 59.3 Å². The summed E-state index contributed by atoms with van der Waals surface area (Å²) in [6.07, 6.45) is 3.43. The van der Waals surface area contributed by atoms with E-state index in [9.17, 15) is 19.2 Å². The van der Waals surface area contributed by atoms with Crippen LogP contribution in [0.4, 0.5) is 11.4 Å². The molecule has 0 aromatic heterocycles. The van der Waals surface area contributed by atoms with Gasteiger partial charge in [-0.3, -0.25) is 19.2 Å². The molecule has 4 amide bonds. The number of carbonyl (C=O) groups excluding carboxylic acids is 4. The molecular formula is C53H65ClN6O10. The van der Waals surface area contributed by atoms with Gasteiger partial charge in [0.1, 0.15) is 12.2 Å². The average Bonchev–Trinajstić information content (AvgIpc) is 3.37. The maximum atomic E-state index is 12.9. The fourth-order valence-corrected chi connectivity index (χ4v) is 8.66. The molecule has 0 bridgehead atoms. The monoisotopic (exact) mass is 980 g/mol. The van der Waals surface area contributed by atoms with Crippen molar-refractivity contribution in [1.29, 1.82) is 5.26 Å². The molecule has 1 unspecified atom stereocenters. The van der Waals surface area contributed by atoms with Crippen LogP contribution in [0.5, 0.6) is 5.75 Å². The highest BCUT2D eigenvalue weighted by Gasteiger charge is 2.33. The van der Waals surface area contributed by atoms with E-state index in [1.54, 1.807) is 24.0 Å². The zero-order chi connectivity index (χ0) is 49.5. The fourth-order valence-electron chi connectivity index (χ4n) is 8.54. The fraction of sp³-hybridized carbons (Fsp3) is 0.453. The van der Waals surface area contributed by atoms with Crippen molar-refractivity contribution in [2.24, 2.45) is 0 Å². The van der Waals surface area contributed by atoms with E-state index in [1.807, 2.05) is 83.8 Å². The first-order valence-electron chi connectivity index (χ1n) is 24.0. The third-order valence-electron chi connectivity index (χ3n) is 12.0. The van der Waals surface area contributed by atoms with Crippen LogP contribution in [0.2, 0.25) is 5.02 Å². The minimum Gasteiger partial charge on any atom is -0.484 e. The van der Waals surface area contributed by atoms with Crippen LogP contribution in [0.25, 0.3) is 11.1 Å². The molecule has 6 rings (SSSR count). The Morgan fingerprint density at radius 1 is 0.729 bits per heavy atom. The second kappa shape index (κ2) is 28.6. The number of rotatable bonds is 27. The Balaban J connectivity index is 0.738. The van der Waals surface area contributed by atoms with Crippen LogP contribution in [-0.4, -0.2) is 127 Å². The third-order valence-corrected chi connectivity index (χ3v) is 12.2. The van der Waals surface area contributed by atoms with Crippen LogP contribution in [0.1, 0.15) is 79.5 Å². The van der Waals surface area contributed by atoms with Crippen LogP contribution in [0, 0.1) is 11.3 Å². The summed E-state index contributed by atoms with van der Waals surface area (Å²) < 4.78 is 33.4. The topological polar surface area (TPSA) is 190 Å². The van der Waals surface area contributed by atoms with Crippen molar-refractivity contribution >= 4 is 46.6 Å². The Morgan fingerprint density at radius 2 is 1.33 bits per heavy atom. The van der Waals surface area contributed by atoms with Crippen molar-refractivity contribution in [1.82, 2.24) is 15.5 Å². The first kappa shape index (κ1) is 53.3. The molecule has 16 nitrogen and oxygen atoms in total. The SMILES string of the molecule is CC(=O)N1c2ccc(-c3ccc(C(=O)NCCOCCOCCOCCOCCOCCNC(=O)COc4ccc(C5CCCCN5C(=O)CC#N)cc4)cc3)cc2[C@H](Nc2ccc(Cl)cc2)C[C@@H]1C. The van der Waals surface area contributed by atoms with E-state index in [1.165, 1.54) is 0 Å². The molecule has 0 spiro atoms. The molecule has 3 N–H and O–H groups in total. The minimum absolute atomic E-state index is 0.00334. The maximum absolute atomic E-state index is 12.9. The third kappa shape index (κ3) is 16.5. The number of piperidine rings is 1. The number of halogens is 1. The number of benzene rings is 4. The van der Waals surface area contributed by atoms with Crippen molar-refractivity contribution in [3.8, 4) is 22.9 Å². The van der Waals surface area contributed by atoms with Crippen molar-refractivity contribution in [3.05, 3.63) is 113 Å². The van der Waals surface area contributed by atoms with Gasteiger partial charge in [-0.05, 0) is 116 Å². The lowest BCUT2D eigenvalue weighted by molar-refractivity contribution is -0.134. The van der Waals surface area contributed by atoms with Crippen molar-refractivity contribution in [2.45, 2.75) is 64.1 Å². The number of amides is 4. The zero-order valence-corrected chi connectivity index (χ0v) is 40.9. The second-order valence-corrected chi connectivity index (χ2v) is 17.4. The number of hydrogen-bond acceptors (Lipinski definition) is 12. The number of anilines is 2. The molecule has 1 fully saturated rings. The first-order chi connectivity index (χ1) is 34.1. The van der Waals surface area contributed by atoms with Crippen LogP contribution >= 0.6 is 11.6 Å². The maximum Gasteiger partial charge on any atom is 0.258 e. The Hall–Kier alpha value is -6.06. The number of nitriles is 1. The predicted molar refractivity (Wildman–Crippen MR) is 267 cm³/mol. The number of hydrogen-bond donors (Lipinski definition) is 3. The van der Waals surface area contributed by atoms with Gasteiger partial charge in [-0.2, -0.15) is 5.26 Å². The summed E-state index contributed by atoms with van der Waals surface area (Å²) in [5.41, 5.74) is 6.35. The van der Waals surface area contributed by atoms with Gasteiger partial charge in [0.15, 0.2) is 6.61 Å². The van der Waals surface area contributed by atoms with Crippen LogP contribution in [0.3, 0.4) is 0 Å². The lowest BCUT2D eigenvalue weighted by Gasteiger charge is -2.39. The minimum atomic E-state index is -0.262. The van der Waals surface area contributed by atoms with E-state index in [0.29, 0.717) is 102 Å². The number of fused-ring (bicyclic) bond motifs is 1. The van der Waals surface area contributed by atoms with Crippen LogP contribution in [-0.2, 0) is 38.1 Å². The molecule has 0 radical (unpaired) electrons. The number of nitrogens with zero attached hydrogens (tertiary/aromatic N) is 3. The summed E-state index contributed by atoms with van der Waals surface area (Å²) in [6, 6.07) is 30.5. The number of ether oxygens (including phenoxy) is 6. The largest absolute Gasteiger partial charge is 0.484 e. The van der Waals surface area contributed by atoms with Gasteiger partial charge in [0.25, 0.3) is 11.8 Å². The first-order valence-corrected chi connectivity index (χ1v) is 24.4.